The lowest BCUT2D eigenvalue weighted by atomic mass is 10.1. The van der Waals surface area contributed by atoms with Crippen LogP contribution in [-0.4, -0.2) is 21.0 Å². The first-order valence-electron chi connectivity index (χ1n) is 9.03. The number of hydrogen-bond donors (Lipinski definition) is 0. The van der Waals surface area contributed by atoms with Crippen LogP contribution in [0.1, 0.15) is 16.8 Å². The van der Waals surface area contributed by atoms with E-state index in [9.17, 15) is 4.79 Å². The highest BCUT2D eigenvalue weighted by Gasteiger charge is 2.04. The quantitative estimate of drug-likeness (QED) is 0.377. The number of carbonyl (C=O) groups excluding carboxylic acids is 1. The van der Waals surface area contributed by atoms with Crippen molar-refractivity contribution in [2.75, 3.05) is 0 Å². The van der Waals surface area contributed by atoms with Crippen LogP contribution in [-0.2, 0) is 22.7 Å². The number of aromatic nitrogens is 3. The Bertz CT molecular complexity index is 1110. The van der Waals surface area contributed by atoms with Gasteiger partial charge in [-0.3, -0.25) is 0 Å². The third-order valence-electron chi connectivity index (χ3n) is 4.38. The summed E-state index contributed by atoms with van der Waals surface area (Å²) in [6.45, 7) is 0.860. The van der Waals surface area contributed by atoms with E-state index in [-0.39, 0.29) is 6.61 Å². The molecule has 0 saturated carbocycles. The molecule has 28 heavy (non-hydrogen) atoms. The molecule has 0 amide bonds. The minimum Gasteiger partial charge on any atom is -0.458 e. The van der Waals surface area contributed by atoms with Gasteiger partial charge in [0.1, 0.15) is 12.3 Å². The molecule has 0 aliphatic carbocycles. The molecule has 1 aromatic heterocycles. The van der Waals surface area contributed by atoms with Crippen LogP contribution < -0.4 is 0 Å². The molecule has 138 valence electrons. The smallest absolute Gasteiger partial charge is 0.331 e. The standard InChI is InChI=1S/C23H19N3O2/c27-23(28-17-20-11-6-10-19-9-4-5-12-22(19)20)14-13-21-16-26(25-24-21)15-18-7-2-1-3-8-18/h1-14,16H,15,17H2/b14-13+. The van der Waals surface area contributed by atoms with Gasteiger partial charge in [0.05, 0.1) is 12.7 Å². The molecule has 0 atom stereocenters. The molecule has 0 radical (unpaired) electrons. The van der Waals surface area contributed by atoms with E-state index < -0.39 is 5.97 Å². The molecule has 0 aliphatic heterocycles. The summed E-state index contributed by atoms with van der Waals surface area (Å²) in [5.41, 5.74) is 2.73. The van der Waals surface area contributed by atoms with Gasteiger partial charge < -0.3 is 4.74 Å². The zero-order chi connectivity index (χ0) is 19.2. The molecule has 5 nitrogen and oxygen atoms in total. The van der Waals surface area contributed by atoms with Crippen LogP contribution >= 0.6 is 0 Å². The first-order chi connectivity index (χ1) is 13.8. The molecule has 0 saturated heterocycles. The molecule has 4 aromatic rings. The maximum absolute atomic E-state index is 12.1. The Morgan fingerprint density at radius 2 is 1.75 bits per heavy atom. The average molecular weight is 369 g/mol. The number of esters is 1. The lowest BCUT2D eigenvalue weighted by Gasteiger charge is -2.06. The fourth-order valence-corrected chi connectivity index (χ4v) is 3.01. The van der Waals surface area contributed by atoms with E-state index in [2.05, 4.69) is 10.3 Å². The van der Waals surface area contributed by atoms with Gasteiger partial charge in [0, 0.05) is 6.08 Å². The Kier molecular flexibility index (Phi) is 5.24. The lowest BCUT2D eigenvalue weighted by Crippen LogP contribution is -2.01. The molecule has 0 fully saturated rings. The molecule has 5 heteroatoms. The number of benzene rings is 3. The van der Waals surface area contributed by atoms with Crippen molar-refractivity contribution in [3.8, 4) is 0 Å². The second-order valence-electron chi connectivity index (χ2n) is 6.41. The van der Waals surface area contributed by atoms with Gasteiger partial charge in [0.25, 0.3) is 0 Å². The average Bonchev–Trinajstić information content (AvgIpc) is 3.18. The molecule has 0 aliphatic rings. The Hall–Kier alpha value is -3.73. The van der Waals surface area contributed by atoms with Crippen LogP contribution in [0.5, 0.6) is 0 Å². The van der Waals surface area contributed by atoms with Crippen molar-refractivity contribution < 1.29 is 9.53 Å². The van der Waals surface area contributed by atoms with E-state index in [1.807, 2.05) is 72.8 Å². The van der Waals surface area contributed by atoms with Crippen molar-refractivity contribution >= 4 is 22.8 Å². The van der Waals surface area contributed by atoms with E-state index >= 15 is 0 Å². The van der Waals surface area contributed by atoms with E-state index in [0.29, 0.717) is 12.2 Å². The Balaban J connectivity index is 1.35. The lowest BCUT2D eigenvalue weighted by molar-refractivity contribution is -0.138. The normalized spacial score (nSPS) is 11.1. The molecule has 0 unspecified atom stereocenters. The van der Waals surface area contributed by atoms with E-state index in [4.69, 9.17) is 4.74 Å². The minimum absolute atomic E-state index is 0.227. The van der Waals surface area contributed by atoms with Crippen LogP contribution in [0, 0.1) is 0 Å². The predicted octanol–water partition coefficient (Wildman–Crippen LogP) is 4.24. The van der Waals surface area contributed by atoms with Crippen molar-refractivity contribution in [2.45, 2.75) is 13.2 Å². The van der Waals surface area contributed by atoms with Gasteiger partial charge >= 0.3 is 5.97 Å². The van der Waals surface area contributed by atoms with Crippen LogP contribution in [0.25, 0.3) is 16.8 Å². The summed E-state index contributed by atoms with van der Waals surface area (Å²) in [7, 11) is 0. The fourth-order valence-electron chi connectivity index (χ4n) is 3.01. The molecule has 4 rings (SSSR count). The highest BCUT2D eigenvalue weighted by molar-refractivity contribution is 5.88. The Labute approximate surface area is 162 Å². The van der Waals surface area contributed by atoms with E-state index in [1.54, 1.807) is 17.0 Å². The van der Waals surface area contributed by atoms with Crippen molar-refractivity contribution in [3.63, 3.8) is 0 Å². The van der Waals surface area contributed by atoms with Crippen molar-refractivity contribution in [1.82, 2.24) is 15.0 Å². The minimum atomic E-state index is -0.412. The summed E-state index contributed by atoms with van der Waals surface area (Å²) < 4.78 is 7.11. The third-order valence-corrected chi connectivity index (χ3v) is 4.38. The Morgan fingerprint density at radius 1 is 0.964 bits per heavy atom. The predicted molar refractivity (Wildman–Crippen MR) is 108 cm³/mol. The van der Waals surface area contributed by atoms with Crippen LogP contribution in [0.3, 0.4) is 0 Å². The van der Waals surface area contributed by atoms with E-state index in [1.165, 1.54) is 6.08 Å². The van der Waals surface area contributed by atoms with Gasteiger partial charge in [-0.05, 0) is 28.0 Å². The molecule has 0 spiro atoms. The molecule has 1 heterocycles. The highest BCUT2D eigenvalue weighted by atomic mass is 16.5. The van der Waals surface area contributed by atoms with Crippen LogP contribution in [0.4, 0.5) is 0 Å². The molecular weight excluding hydrogens is 350 g/mol. The summed E-state index contributed by atoms with van der Waals surface area (Å²) >= 11 is 0. The first-order valence-corrected chi connectivity index (χ1v) is 9.03. The largest absolute Gasteiger partial charge is 0.458 e. The number of carbonyl (C=O) groups is 1. The molecule has 3 aromatic carbocycles. The van der Waals surface area contributed by atoms with Gasteiger partial charge in [-0.2, -0.15) is 0 Å². The number of nitrogens with zero attached hydrogens (tertiary/aromatic N) is 3. The topological polar surface area (TPSA) is 57.0 Å². The summed E-state index contributed by atoms with van der Waals surface area (Å²) in [5.74, 6) is -0.412. The maximum Gasteiger partial charge on any atom is 0.331 e. The molecular formula is C23H19N3O2. The van der Waals surface area contributed by atoms with Crippen LogP contribution in [0.15, 0.2) is 85.1 Å². The summed E-state index contributed by atoms with van der Waals surface area (Å²) in [5, 5.41) is 10.4. The highest BCUT2D eigenvalue weighted by Crippen LogP contribution is 2.19. The van der Waals surface area contributed by atoms with Crippen molar-refractivity contribution in [2.24, 2.45) is 0 Å². The van der Waals surface area contributed by atoms with Gasteiger partial charge in [-0.1, -0.05) is 78.0 Å². The number of rotatable bonds is 6. The monoisotopic (exact) mass is 369 g/mol. The second-order valence-corrected chi connectivity index (χ2v) is 6.41. The van der Waals surface area contributed by atoms with Gasteiger partial charge in [0.2, 0.25) is 0 Å². The molecule has 0 bridgehead atoms. The third kappa shape index (κ3) is 4.32. The summed E-state index contributed by atoms with van der Waals surface area (Å²) in [6, 6.07) is 24.0. The number of ether oxygens (including phenoxy) is 1. The van der Waals surface area contributed by atoms with Crippen molar-refractivity contribution in [1.29, 1.82) is 0 Å². The number of fused-ring (bicyclic) bond motifs is 1. The van der Waals surface area contributed by atoms with E-state index in [0.717, 1.165) is 21.9 Å². The Morgan fingerprint density at radius 3 is 2.64 bits per heavy atom. The SMILES string of the molecule is O=C(/C=C/c1cn(Cc2ccccc2)nn1)OCc1cccc2ccccc12. The number of hydrogen-bond acceptors (Lipinski definition) is 4. The van der Waals surface area contributed by atoms with Crippen LogP contribution in [0.2, 0.25) is 0 Å². The molecule has 0 N–H and O–H groups in total. The van der Waals surface area contributed by atoms with Gasteiger partial charge in [-0.25, -0.2) is 9.48 Å². The van der Waals surface area contributed by atoms with Crippen molar-refractivity contribution in [3.05, 3.63) is 102 Å². The first kappa shape index (κ1) is 17.7. The van der Waals surface area contributed by atoms with Gasteiger partial charge in [0.15, 0.2) is 0 Å². The fraction of sp³-hybridized carbons (Fsp3) is 0.0870. The maximum atomic E-state index is 12.1. The second kappa shape index (κ2) is 8.31. The zero-order valence-corrected chi connectivity index (χ0v) is 15.2. The summed E-state index contributed by atoms with van der Waals surface area (Å²) in [4.78, 5) is 12.1. The van der Waals surface area contributed by atoms with Gasteiger partial charge in [-0.15, -0.1) is 5.10 Å². The zero-order valence-electron chi connectivity index (χ0n) is 15.2. The summed E-state index contributed by atoms with van der Waals surface area (Å²) in [6.07, 6.45) is 4.78.